The van der Waals surface area contributed by atoms with Gasteiger partial charge in [-0.05, 0) is 104 Å². The van der Waals surface area contributed by atoms with Gasteiger partial charge >= 0.3 is 0 Å². The first-order valence-corrected chi connectivity index (χ1v) is 27.9. The fraction of sp³-hybridized carbons (Fsp3) is 0.0423. The monoisotopic (exact) mass is 1030 g/mol. The highest BCUT2D eigenvalue weighted by Gasteiger charge is 2.38. The molecule has 5 heterocycles. The molecule has 7 heteroatoms. The maximum absolute atomic E-state index is 10.7. The Morgan fingerprint density at radius 2 is 0.756 bits per heavy atom. The molecule has 0 aliphatic carbocycles. The van der Waals surface area contributed by atoms with Crippen molar-refractivity contribution in [1.82, 2.24) is 13.7 Å². The Morgan fingerprint density at radius 3 is 1.21 bits per heavy atom. The first-order valence-electron chi connectivity index (χ1n) is 26.3. The Balaban J connectivity index is 1.20. The molecule has 5 nitrogen and oxygen atoms in total. The van der Waals surface area contributed by atoms with Crippen LogP contribution >= 0.6 is 22.7 Å². The Labute approximate surface area is 456 Å². The number of fused-ring (bicyclic) bond motifs is 17. The van der Waals surface area contributed by atoms with Gasteiger partial charge in [0, 0.05) is 100 Å². The molecule has 16 rings (SSSR count). The average Bonchev–Trinajstić information content (AvgIpc) is 4.39. The van der Waals surface area contributed by atoms with E-state index in [0.717, 1.165) is 72.3 Å². The molecule has 0 unspecified atom stereocenters. The van der Waals surface area contributed by atoms with Crippen molar-refractivity contribution in [3.8, 4) is 45.8 Å². The van der Waals surface area contributed by atoms with Gasteiger partial charge in [-0.15, -0.1) is 22.7 Å². The molecule has 0 fully saturated rings. The van der Waals surface area contributed by atoms with Gasteiger partial charge in [-0.1, -0.05) is 146 Å². The number of para-hydroxylation sites is 4. The van der Waals surface area contributed by atoms with Crippen LogP contribution in [0.2, 0.25) is 0 Å². The Kier molecular flexibility index (Phi) is 9.49. The minimum atomic E-state index is -0.864. The van der Waals surface area contributed by atoms with E-state index in [1.165, 1.54) is 72.7 Å². The van der Waals surface area contributed by atoms with Crippen molar-refractivity contribution >= 4 is 128 Å². The zero-order valence-corrected chi connectivity index (χ0v) is 44.0. The molecule has 0 amide bonds. The molecular formula is C71H43N5S2. The largest absolute Gasteiger partial charge is 0.330 e. The number of aromatic nitrogens is 3. The van der Waals surface area contributed by atoms with E-state index in [-0.39, 0.29) is 0 Å². The van der Waals surface area contributed by atoms with Gasteiger partial charge < -0.3 is 13.7 Å². The number of hydrogen-bond acceptors (Lipinski definition) is 4. The van der Waals surface area contributed by atoms with Crippen molar-refractivity contribution in [1.29, 1.82) is 10.5 Å². The van der Waals surface area contributed by atoms with Crippen molar-refractivity contribution in [3.63, 3.8) is 0 Å². The lowest BCUT2D eigenvalue weighted by Gasteiger charge is -2.37. The molecule has 0 atom stereocenters. The summed E-state index contributed by atoms with van der Waals surface area (Å²) in [6, 6.07) is 85.9. The average molecular weight is 1030 g/mol. The van der Waals surface area contributed by atoms with E-state index in [4.69, 9.17) is 0 Å². The van der Waals surface area contributed by atoms with Gasteiger partial charge in [-0.25, -0.2) is 0 Å². The van der Waals surface area contributed by atoms with Gasteiger partial charge in [0.25, 0.3) is 0 Å². The molecule has 364 valence electrons. The van der Waals surface area contributed by atoms with Crippen LogP contribution in [0.25, 0.3) is 139 Å². The van der Waals surface area contributed by atoms with Crippen LogP contribution in [-0.4, -0.2) is 13.7 Å². The highest BCUT2D eigenvalue weighted by molar-refractivity contribution is 7.27. The van der Waals surface area contributed by atoms with Crippen LogP contribution < -0.4 is 0 Å². The van der Waals surface area contributed by atoms with E-state index in [9.17, 15) is 10.5 Å². The maximum Gasteiger partial charge on any atom is 0.0991 e. The smallest absolute Gasteiger partial charge is 0.0991 e. The SMILES string of the molecule is CC(C)(c1c(-n2c3ccccc3c3c4sc5ccccc5c4ccc32)c(-c2cccc(C#N)c2)cc(-c2cccc(C#N)c2)c1-n1c2ccccc2c2c3sc4ccccc4c3ccc21)n1c2ccccc2c2ccccc21. The summed E-state index contributed by atoms with van der Waals surface area (Å²) in [7, 11) is 0. The normalized spacial score (nSPS) is 12.2. The Hall–Kier alpha value is -9.76. The molecule has 0 bridgehead atoms. The van der Waals surface area contributed by atoms with Crippen molar-refractivity contribution in [2.24, 2.45) is 0 Å². The van der Waals surface area contributed by atoms with Gasteiger partial charge in [-0.2, -0.15) is 10.5 Å². The molecule has 0 saturated heterocycles. The Morgan fingerprint density at radius 1 is 0.359 bits per heavy atom. The van der Waals surface area contributed by atoms with Gasteiger partial charge in [0.15, 0.2) is 0 Å². The first-order chi connectivity index (χ1) is 38.4. The van der Waals surface area contributed by atoms with E-state index < -0.39 is 5.54 Å². The van der Waals surface area contributed by atoms with E-state index >= 15 is 0 Å². The summed E-state index contributed by atoms with van der Waals surface area (Å²) in [5.74, 6) is 0. The zero-order valence-electron chi connectivity index (χ0n) is 42.4. The number of thiophene rings is 2. The zero-order chi connectivity index (χ0) is 52.0. The third-order valence-corrected chi connectivity index (χ3v) is 18.8. The molecule has 0 saturated carbocycles. The molecule has 0 radical (unpaired) electrons. The summed E-state index contributed by atoms with van der Waals surface area (Å²) in [5, 5.41) is 33.5. The van der Waals surface area contributed by atoms with Crippen LogP contribution in [0.1, 0.15) is 30.5 Å². The summed E-state index contributed by atoms with van der Waals surface area (Å²) >= 11 is 3.71. The van der Waals surface area contributed by atoms with Gasteiger partial charge in [-0.3, -0.25) is 0 Å². The van der Waals surface area contributed by atoms with Crippen LogP contribution in [0.15, 0.2) is 224 Å². The maximum atomic E-state index is 10.7. The van der Waals surface area contributed by atoms with Crippen LogP contribution in [-0.2, 0) is 5.54 Å². The fourth-order valence-electron chi connectivity index (χ4n) is 13.2. The standard InChI is InChI=1S/C71H43N5S2/c1-71(2,76-58-29-11-3-21-46(58)47-22-4-12-30-59(47)76)66-67(74-56-27-9-5-25-52(56)64-60(74)35-33-50-48-23-7-13-31-62(48)77-69(50)64)54(44-19-15-17-42(37-44)40-72)39-55(45-20-16-18-43(38-45)41-73)68(66)75-57-28-10-6-26-53(57)65-61(75)36-34-51-49-24-8-14-32-63(49)78-70(51)65/h3-39H,1-2H3. The predicted octanol–water partition coefficient (Wildman–Crippen LogP) is 19.6. The second-order valence-corrected chi connectivity index (χ2v) is 23.0. The second kappa shape index (κ2) is 16.6. The number of hydrogen-bond donors (Lipinski definition) is 0. The van der Waals surface area contributed by atoms with E-state index in [1.54, 1.807) is 0 Å². The van der Waals surface area contributed by atoms with Crippen molar-refractivity contribution in [2.45, 2.75) is 19.4 Å². The molecule has 0 spiro atoms. The quantitative estimate of drug-likeness (QED) is 0.167. The van der Waals surface area contributed by atoms with Crippen LogP contribution in [0.3, 0.4) is 0 Å². The van der Waals surface area contributed by atoms with Gasteiger partial charge in [0.2, 0.25) is 0 Å². The summed E-state index contributed by atoms with van der Waals surface area (Å²) in [6.07, 6.45) is 0. The second-order valence-electron chi connectivity index (χ2n) is 20.9. The van der Waals surface area contributed by atoms with Crippen LogP contribution in [0, 0.1) is 22.7 Å². The van der Waals surface area contributed by atoms with Crippen LogP contribution in [0.4, 0.5) is 0 Å². The number of rotatable bonds is 6. The lowest BCUT2D eigenvalue weighted by molar-refractivity contribution is 0.462. The Bertz CT molecular complexity index is 5030. The van der Waals surface area contributed by atoms with Crippen molar-refractivity contribution < 1.29 is 0 Å². The number of nitriles is 2. The summed E-state index contributed by atoms with van der Waals surface area (Å²) in [5.41, 5.74) is 13.7. The molecule has 5 aromatic heterocycles. The minimum absolute atomic E-state index is 0.572. The molecule has 11 aromatic carbocycles. The summed E-state index contributed by atoms with van der Waals surface area (Å²) < 4.78 is 12.7. The molecule has 0 aliphatic rings. The van der Waals surface area contributed by atoms with Gasteiger partial charge in [0.1, 0.15) is 0 Å². The molecule has 78 heavy (non-hydrogen) atoms. The van der Waals surface area contributed by atoms with E-state index in [0.29, 0.717) is 11.1 Å². The topological polar surface area (TPSA) is 62.4 Å². The first kappa shape index (κ1) is 44.5. The summed E-state index contributed by atoms with van der Waals surface area (Å²) in [4.78, 5) is 0. The fourth-order valence-corrected chi connectivity index (χ4v) is 15.8. The van der Waals surface area contributed by atoms with Crippen molar-refractivity contribution in [2.75, 3.05) is 0 Å². The van der Waals surface area contributed by atoms with Gasteiger partial charge in [0.05, 0.1) is 62.2 Å². The highest BCUT2D eigenvalue weighted by atomic mass is 32.1. The predicted molar refractivity (Wildman–Crippen MR) is 329 cm³/mol. The third kappa shape index (κ3) is 6.14. The van der Waals surface area contributed by atoms with E-state index in [2.05, 4.69) is 228 Å². The van der Waals surface area contributed by atoms with Crippen LogP contribution in [0.5, 0.6) is 0 Å². The summed E-state index contributed by atoms with van der Waals surface area (Å²) in [6.45, 7) is 4.80. The highest BCUT2D eigenvalue weighted by Crippen LogP contribution is 2.54. The number of nitrogens with zero attached hydrogens (tertiary/aromatic N) is 5. The van der Waals surface area contributed by atoms with Crippen molar-refractivity contribution in [3.05, 3.63) is 241 Å². The molecular weight excluding hydrogens is 987 g/mol. The number of benzene rings is 11. The lowest BCUT2D eigenvalue weighted by Crippen LogP contribution is -2.31. The molecule has 0 N–H and O–H groups in total. The molecule has 16 aromatic rings. The molecule has 0 aliphatic heterocycles. The third-order valence-electron chi connectivity index (χ3n) is 16.4. The lowest BCUT2D eigenvalue weighted by atomic mass is 9.82. The minimum Gasteiger partial charge on any atom is -0.330 e. The van der Waals surface area contributed by atoms with E-state index in [1.807, 2.05) is 59.1 Å².